The molecule has 6 heteroatoms. The minimum Gasteiger partial charge on any atom is -0.294 e. The lowest BCUT2D eigenvalue weighted by molar-refractivity contribution is -0.137. The fraction of sp³-hybridized carbons (Fsp3) is 0.133. The summed E-state index contributed by atoms with van der Waals surface area (Å²) in [5.41, 5.74) is -0.0119. The maximum atomic E-state index is 12.9. The molecule has 0 saturated heterocycles. The number of Topliss-reactive ketones (excluding diaryl/α,β-unsaturated/α-hetero) is 1. The van der Waals surface area contributed by atoms with Crippen molar-refractivity contribution < 1.29 is 22.4 Å². The van der Waals surface area contributed by atoms with Crippen LogP contribution in [0.5, 0.6) is 0 Å². The van der Waals surface area contributed by atoms with Gasteiger partial charge in [0.05, 0.1) is 5.56 Å². The predicted octanol–water partition coefficient (Wildman–Crippen LogP) is 5.03. The van der Waals surface area contributed by atoms with E-state index in [0.717, 1.165) is 18.2 Å². The van der Waals surface area contributed by atoms with Gasteiger partial charge in [-0.25, -0.2) is 4.39 Å². The van der Waals surface area contributed by atoms with E-state index in [1.54, 1.807) is 0 Å². The molecule has 2 rings (SSSR count). The monoisotopic (exact) mass is 360 g/mol. The SMILES string of the molecule is O=C(Cc1ccc(C(F)(F)F)cc1)c1ccc(F)cc1Br. The van der Waals surface area contributed by atoms with Gasteiger partial charge in [-0.2, -0.15) is 13.2 Å². The first kappa shape index (κ1) is 15.7. The summed E-state index contributed by atoms with van der Waals surface area (Å²) in [4.78, 5) is 12.1. The zero-order chi connectivity index (χ0) is 15.6. The molecule has 0 aliphatic heterocycles. The summed E-state index contributed by atoms with van der Waals surface area (Å²) in [5.74, 6) is -0.783. The second kappa shape index (κ2) is 5.97. The lowest BCUT2D eigenvalue weighted by Gasteiger charge is -2.08. The van der Waals surface area contributed by atoms with Gasteiger partial charge in [0, 0.05) is 16.5 Å². The number of carbonyl (C=O) groups is 1. The Kier molecular flexibility index (Phi) is 4.46. The molecule has 0 saturated carbocycles. The topological polar surface area (TPSA) is 17.1 Å². The number of carbonyl (C=O) groups excluding carboxylic acids is 1. The Morgan fingerprint density at radius 1 is 1.05 bits per heavy atom. The van der Waals surface area contributed by atoms with Gasteiger partial charge in [-0.15, -0.1) is 0 Å². The highest BCUT2D eigenvalue weighted by Gasteiger charge is 2.30. The summed E-state index contributed by atoms with van der Waals surface area (Å²) in [6.45, 7) is 0. The summed E-state index contributed by atoms with van der Waals surface area (Å²) < 4.78 is 50.6. The smallest absolute Gasteiger partial charge is 0.294 e. The number of ketones is 1. The van der Waals surface area contributed by atoms with Crippen LogP contribution in [0.3, 0.4) is 0 Å². The van der Waals surface area contributed by atoms with E-state index in [1.807, 2.05) is 0 Å². The fourth-order valence-corrected chi connectivity index (χ4v) is 2.38. The third kappa shape index (κ3) is 3.91. The molecule has 0 unspecified atom stereocenters. The van der Waals surface area contributed by atoms with Crippen LogP contribution in [0.25, 0.3) is 0 Å². The van der Waals surface area contributed by atoms with Crippen LogP contribution in [-0.2, 0) is 12.6 Å². The van der Waals surface area contributed by atoms with Crippen LogP contribution in [0.4, 0.5) is 17.6 Å². The van der Waals surface area contributed by atoms with Crippen LogP contribution in [-0.4, -0.2) is 5.78 Å². The van der Waals surface area contributed by atoms with Crippen LogP contribution in [0.1, 0.15) is 21.5 Å². The molecular weight excluding hydrogens is 352 g/mol. The van der Waals surface area contributed by atoms with Gasteiger partial charge in [-0.05, 0) is 51.8 Å². The van der Waals surface area contributed by atoms with E-state index < -0.39 is 17.6 Å². The highest BCUT2D eigenvalue weighted by atomic mass is 79.9. The third-order valence-electron chi connectivity index (χ3n) is 2.88. The van der Waals surface area contributed by atoms with Crippen molar-refractivity contribution in [3.8, 4) is 0 Å². The van der Waals surface area contributed by atoms with E-state index in [2.05, 4.69) is 15.9 Å². The Balaban J connectivity index is 2.16. The molecule has 0 N–H and O–H groups in total. The molecule has 110 valence electrons. The normalized spacial score (nSPS) is 11.5. The van der Waals surface area contributed by atoms with Gasteiger partial charge >= 0.3 is 6.18 Å². The highest BCUT2D eigenvalue weighted by Crippen LogP contribution is 2.29. The summed E-state index contributed by atoms with van der Waals surface area (Å²) in [7, 11) is 0. The van der Waals surface area contributed by atoms with E-state index in [-0.39, 0.29) is 17.8 Å². The predicted molar refractivity (Wildman–Crippen MR) is 73.6 cm³/mol. The molecule has 0 aliphatic rings. The zero-order valence-corrected chi connectivity index (χ0v) is 12.1. The highest BCUT2D eigenvalue weighted by molar-refractivity contribution is 9.10. The first-order chi connectivity index (χ1) is 9.77. The molecule has 0 spiro atoms. The summed E-state index contributed by atoms with van der Waals surface area (Å²) >= 11 is 3.09. The quantitative estimate of drug-likeness (QED) is 0.554. The number of benzene rings is 2. The summed E-state index contributed by atoms with van der Waals surface area (Å²) in [5, 5.41) is 0. The Morgan fingerprint density at radius 3 is 2.19 bits per heavy atom. The van der Waals surface area contributed by atoms with Crippen LogP contribution in [0.2, 0.25) is 0 Å². The zero-order valence-electron chi connectivity index (χ0n) is 10.5. The number of alkyl halides is 3. The Hall–Kier alpha value is -1.69. The summed E-state index contributed by atoms with van der Waals surface area (Å²) in [6.07, 6.45) is -4.45. The van der Waals surface area contributed by atoms with Crippen LogP contribution in [0, 0.1) is 5.82 Å². The maximum absolute atomic E-state index is 12.9. The second-order valence-corrected chi connectivity index (χ2v) is 5.27. The molecule has 0 bridgehead atoms. The lowest BCUT2D eigenvalue weighted by atomic mass is 10.0. The van der Waals surface area contributed by atoms with Crippen molar-refractivity contribution in [2.75, 3.05) is 0 Å². The standard InChI is InChI=1S/C15H9BrF4O/c16-13-8-11(17)5-6-12(13)14(21)7-9-1-3-10(4-2-9)15(18,19)20/h1-6,8H,7H2. The minimum absolute atomic E-state index is 0.0532. The molecule has 0 heterocycles. The lowest BCUT2D eigenvalue weighted by Crippen LogP contribution is -2.07. The number of halogens is 5. The number of hydrogen-bond donors (Lipinski definition) is 0. The molecule has 0 amide bonds. The Morgan fingerprint density at radius 2 is 1.67 bits per heavy atom. The molecule has 0 radical (unpaired) electrons. The van der Waals surface area contributed by atoms with Crippen molar-refractivity contribution in [2.24, 2.45) is 0 Å². The Bertz CT molecular complexity index is 662. The van der Waals surface area contributed by atoms with Gasteiger partial charge in [-0.1, -0.05) is 12.1 Å². The van der Waals surface area contributed by atoms with E-state index in [1.165, 1.54) is 24.3 Å². The van der Waals surface area contributed by atoms with Gasteiger partial charge in [0.15, 0.2) is 5.78 Å². The molecule has 2 aromatic carbocycles. The molecule has 21 heavy (non-hydrogen) atoms. The van der Waals surface area contributed by atoms with Crippen molar-refractivity contribution in [3.63, 3.8) is 0 Å². The van der Waals surface area contributed by atoms with Crippen molar-refractivity contribution in [2.45, 2.75) is 12.6 Å². The van der Waals surface area contributed by atoms with E-state index in [9.17, 15) is 22.4 Å². The van der Waals surface area contributed by atoms with Gasteiger partial charge in [0.25, 0.3) is 0 Å². The van der Waals surface area contributed by atoms with Gasteiger partial charge < -0.3 is 0 Å². The van der Waals surface area contributed by atoms with E-state index >= 15 is 0 Å². The van der Waals surface area contributed by atoms with Crippen LogP contribution in [0.15, 0.2) is 46.9 Å². The minimum atomic E-state index is -4.40. The third-order valence-corrected chi connectivity index (χ3v) is 3.53. The largest absolute Gasteiger partial charge is 0.416 e. The molecule has 0 atom stereocenters. The van der Waals surface area contributed by atoms with Crippen molar-refractivity contribution in [1.82, 2.24) is 0 Å². The fourth-order valence-electron chi connectivity index (χ4n) is 1.81. The first-order valence-electron chi connectivity index (χ1n) is 5.92. The molecule has 0 aromatic heterocycles. The van der Waals surface area contributed by atoms with Crippen LogP contribution < -0.4 is 0 Å². The Labute approximate surface area is 126 Å². The number of hydrogen-bond acceptors (Lipinski definition) is 1. The average molecular weight is 361 g/mol. The molecular formula is C15H9BrF4O. The van der Waals surface area contributed by atoms with E-state index in [4.69, 9.17) is 0 Å². The molecule has 1 nitrogen and oxygen atoms in total. The molecule has 0 aliphatic carbocycles. The molecule has 0 fully saturated rings. The van der Waals surface area contributed by atoms with Gasteiger partial charge in [-0.3, -0.25) is 4.79 Å². The van der Waals surface area contributed by atoms with Gasteiger partial charge in [0.1, 0.15) is 5.82 Å². The summed E-state index contributed by atoms with van der Waals surface area (Å²) in [6, 6.07) is 8.05. The second-order valence-electron chi connectivity index (χ2n) is 4.42. The molecule has 2 aromatic rings. The van der Waals surface area contributed by atoms with Crippen LogP contribution >= 0.6 is 15.9 Å². The van der Waals surface area contributed by atoms with E-state index in [0.29, 0.717) is 10.0 Å². The average Bonchev–Trinajstić information content (AvgIpc) is 2.38. The maximum Gasteiger partial charge on any atom is 0.416 e. The van der Waals surface area contributed by atoms with Gasteiger partial charge in [0.2, 0.25) is 0 Å². The van der Waals surface area contributed by atoms with Crippen molar-refractivity contribution in [3.05, 3.63) is 69.4 Å². The van der Waals surface area contributed by atoms with Crippen molar-refractivity contribution >= 4 is 21.7 Å². The van der Waals surface area contributed by atoms with Crippen molar-refractivity contribution in [1.29, 1.82) is 0 Å². The first-order valence-corrected chi connectivity index (χ1v) is 6.71. The number of rotatable bonds is 3.